The summed E-state index contributed by atoms with van der Waals surface area (Å²) >= 11 is 2.45. The number of nitro groups is 2. The first-order valence-corrected chi connectivity index (χ1v) is 12.9. The predicted octanol–water partition coefficient (Wildman–Crippen LogP) is 3.76. The van der Waals surface area contributed by atoms with Gasteiger partial charge >= 0.3 is 0 Å². The van der Waals surface area contributed by atoms with Crippen LogP contribution in [-0.2, 0) is 9.59 Å². The summed E-state index contributed by atoms with van der Waals surface area (Å²) in [6.45, 7) is 2.23. The molecule has 1 fully saturated rings. The number of non-ortho nitro benzene ring substituents is 2. The summed E-state index contributed by atoms with van der Waals surface area (Å²) in [6.07, 6.45) is 3.19. The van der Waals surface area contributed by atoms with Crippen LogP contribution in [0, 0.1) is 20.2 Å². The van der Waals surface area contributed by atoms with Crippen LogP contribution in [0.3, 0.4) is 0 Å². The SMILES string of the molecule is O=C1N=C(N2CCN(C3=NC(=O)/C(=C\c4cccc([N+](=O)[O-])c4)S3)CC2)S/C1=C/c1cccc([N+](=O)[O-])c1. The van der Waals surface area contributed by atoms with Crippen LogP contribution in [0.1, 0.15) is 11.1 Å². The standard InChI is InChI=1S/C24H18N6O6S2/c31-21-19(13-15-3-1-5-17(11-15)29(33)34)37-23(25-21)27-7-9-28(10-8-27)24-26-22(32)20(38-24)14-16-4-2-6-18(12-16)30(35)36/h1-6,11-14H,7-10H2/b19-13+,20-14+. The lowest BCUT2D eigenvalue weighted by Gasteiger charge is -2.35. The molecule has 0 aromatic heterocycles. The average Bonchev–Trinajstić information content (AvgIpc) is 3.46. The minimum Gasteiger partial charge on any atom is -0.347 e. The fourth-order valence-corrected chi connectivity index (χ4v) is 5.84. The molecule has 192 valence electrons. The summed E-state index contributed by atoms with van der Waals surface area (Å²) in [5.74, 6) is -0.785. The van der Waals surface area contributed by atoms with Gasteiger partial charge in [0.25, 0.3) is 23.2 Å². The number of nitro benzene ring substituents is 2. The molecule has 14 heteroatoms. The zero-order valence-electron chi connectivity index (χ0n) is 19.6. The van der Waals surface area contributed by atoms with Gasteiger partial charge in [0, 0.05) is 50.4 Å². The molecule has 3 heterocycles. The molecule has 3 aliphatic rings. The Hall–Kier alpha value is -4.30. The second kappa shape index (κ2) is 10.6. The van der Waals surface area contributed by atoms with Crippen molar-refractivity contribution in [1.29, 1.82) is 0 Å². The van der Waals surface area contributed by atoms with Gasteiger partial charge in [0.15, 0.2) is 10.3 Å². The van der Waals surface area contributed by atoms with Gasteiger partial charge in [-0.1, -0.05) is 24.3 Å². The molecular weight excluding hydrogens is 532 g/mol. The highest BCUT2D eigenvalue weighted by Gasteiger charge is 2.32. The molecule has 38 heavy (non-hydrogen) atoms. The third-order valence-corrected chi connectivity index (χ3v) is 7.89. The van der Waals surface area contributed by atoms with Crippen LogP contribution in [0.25, 0.3) is 12.2 Å². The highest BCUT2D eigenvalue weighted by molar-refractivity contribution is 8.18. The highest BCUT2D eigenvalue weighted by atomic mass is 32.2. The van der Waals surface area contributed by atoms with Crippen LogP contribution in [0.15, 0.2) is 68.3 Å². The van der Waals surface area contributed by atoms with Crippen LogP contribution in [0.5, 0.6) is 0 Å². The third-order valence-electron chi connectivity index (χ3n) is 5.80. The number of amidine groups is 2. The van der Waals surface area contributed by atoms with Gasteiger partial charge in [-0.05, 0) is 46.8 Å². The zero-order valence-corrected chi connectivity index (χ0v) is 21.2. The fourth-order valence-electron chi connectivity index (χ4n) is 3.91. The first-order valence-electron chi connectivity index (χ1n) is 11.3. The Kier molecular flexibility index (Phi) is 7.07. The molecule has 0 atom stereocenters. The molecular formula is C24H18N6O6S2. The summed E-state index contributed by atoms with van der Waals surface area (Å²) < 4.78 is 0. The van der Waals surface area contributed by atoms with E-state index < -0.39 is 21.7 Å². The van der Waals surface area contributed by atoms with Gasteiger partial charge in [-0.25, -0.2) is 0 Å². The molecule has 2 amide bonds. The molecule has 3 aliphatic heterocycles. The van der Waals surface area contributed by atoms with Gasteiger partial charge in [0.1, 0.15) is 0 Å². The number of benzene rings is 2. The molecule has 2 aromatic carbocycles. The Bertz CT molecular complexity index is 1380. The number of aliphatic imine (C=N–C) groups is 2. The molecule has 12 nitrogen and oxygen atoms in total. The van der Waals surface area contributed by atoms with Gasteiger partial charge in [0.2, 0.25) is 0 Å². The lowest BCUT2D eigenvalue weighted by Crippen LogP contribution is -2.49. The molecule has 5 rings (SSSR count). The summed E-state index contributed by atoms with van der Waals surface area (Å²) in [5.41, 5.74) is 0.986. The lowest BCUT2D eigenvalue weighted by molar-refractivity contribution is -0.385. The van der Waals surface area contributed by atoms with E-state index in [1.807, 2.05) is 9.80 Å². The normalized spacial score (nSPS) is 19.8. The van der Waals surface area contributed by atoms with Crippen molar-refractivity contribution in [2.45, 2.75) is 0 Å². The number of carbonyl (C=O) groups excluding carboxylic acids is 2. The summed E-state index contributed by atoms with van der Waals surface area (Å²) in [5, 5.41) is 23.2. The number of nitrogens with zero attached hydrogens (tertiary/aromatic N) is 6. The summed E-state index contributed by atoms with van der Waals surface area (Å²) in [6, 6.07) is 12.1. The van der Waals surface area contributed by atoms with Crippen LogP contribution in [0.2, 0.25) is 0 Å². The number of piperazine rings is 1. The van der Waals surface area contributed by atoms with E-state index in [1.54, 1.807) is 36.4 Å². The molecule has 0 N–H and O–H groups in total. The maximum absolute atomic E-state index is 12.5. The summed E-state index contributed by atoms with van der Waals surface area (Å²) in [7, 11) is 0. The van der Waals surface area contributed by atoms with Crippen molar-refractivity contribution in [2.24, 2.45) is 9.98 Å². The van der Waals surface area contributed by atoms with Crippen molar-refractivity contribution < 1.29 is 19.4 Å². The molecule has 2 aromatic rings. The molecule has 0 bridgehead atoms. The number of thioether (sulfide) groups is 2. The van der Waals surface area contributed by atoms with Gasteiger partial charge in [-0.3, -0.25) is 29.8 Å². The zero-order chi connectivity index (χ0) is 26.8. The monoisotopic (exact) mass is 550 g/mol. The Morgan fingerprint density at radius 3 is 1.47 bits per heavy atom. The second-order valence-electron chi connectivity index (χ2n) is 8.30. The second-order valence-corrected chi connectivity index (χ2v) is 10.3. The average molecular weight is 551 g/mol. The van der Waals surface area contributed by atoms with Crippen LogP contribution < -0.4 is 0 Å². The summed E-state index contributed by atoms with van der Waals surface area (Å²) in [4.78, 5) is 59.0. The first-order chi connectivity index (χ1) is 18.3. The van der Waals surface area contributed by atoms with Gasteiger partial charge in [-0.2, -0.15) is 9.98 Å². The Morgan fingerprint density at radius 1 is 0.711 bits per heavy atom. The molecule has 0 spiro atoms. The molecule has 0 saturated carbocycles. The minimum absolute atomic E-state index is 0.0543. The molecule has 1 saturated heterocycles. The van der Waals surface area contributed by atoms with Crippen molar-refractivity contribution in [1.82, 2.24) is 9.80 Å². The first kappa shape index (κ1) is 25.4. The van der Waals surface area contributed by atoms with Crippen LogP contribution >= 0.6 is 23.5 Å². The number of hydrogen-bond acceptors (Lipinski definition) is 10. The lowest BCUT2D eigenvalue weighted by atomic mass is 10.2. The largest absolute Gasteiger partial charge is 0.347 e. The Morgan fingerprint density at radius 2 is 1.11 bits per heavy atom. The van der Waals surface area contributed by atoms with E-state index in [9.17, 15) is 29.8 Å². The van der Waals surface area contributed by atoms with Crippen molar-refractivity contribution in [2.75, 3.05) is 26.2 Å². The molecule has 0 unspecified atom stereocenters. The van der Waals surface area contributed by atoms with E-state index in [0.29, 0.717) is 57.5 Å². The van der Waals surface area contributed by atoms with E-state index in [1.165, 1.54) is 47.8 Å². The van der Waals surface area contributed by atoms with Crippen molar-refractivity contribution in [3.05, 3.63) is 89.7 Å². The van der Waals surface area contributed by atoms with Crippen molar-refractivity contribution in [3.8, 4) is 0 Å². The predicted molar refractivity (Wildman–Crippen MR) is 145 cm³/mol. The van der Waals surface area contributed by atoms with Gasteiger partial charge < -0.3 is 9.80 Å². The van der Waals surface area contributed by atoms with Crippen molar-refractivity contribution in [3.63, 3.8) is 0 Å². The minimum atomic E-state index is -0.486. The maximum Gasteiger partial charge on any atom is 0.286 e. The number of carbonyl (C=O) groups is 2. The van der Waals surface area contributed by atoms with E-state index in [4.69, 9.17) is 0 Å². The van der Waals surface area contributed by atoms with E-state index >= 15 is 0 Å². The van der Waals surface area contributed by atoms with Gasteiger partial charge in [0.05, 0.1) is 19.7 Å². The third kappa shape index (κ3) is 5.50. The Balaban J connectivity index is 1.19. The smallest absolute Gasteiger partial charge is 0.286 e. The molecule has 0 aliphatic carbocycles. The number of hydrogen-bond donors (Lipinski definition) is 0. The quantitative estimate of drug-likeness (QED) is 0.312. The van der Waals surface area contributed by atoms with E-state index in [0.717, 1.165) is 0 Å². The van der Waals surface area contributed by atoms with E-state index in [2.05, 4.69) is 9.98 Å². The topological polar surface area (TPSA) is 152 Å². The van der Waals surface area contributed by atoms with Gasteiger partial charge in [-0.15, -0.1) is 0 Å². The Labute approximate surface area is 224 Å². The molecule has 0 radical (unpaired) electrons. The number of amides is 2. The fraction of sp³-hybridized carbons (Fsp3) is 0.167. The maximum atomic E-state index is 12.5. The van der Waals surface area contributed by atoms with E-state index in [-0.39, 0.29) is 11.4 Å². The number of rotatable bonds is 4. The van der Waals surface area contributed by atoms with Crippen LogP contribution in [-0.4, -0.2) is 68.0 Å². The van der Waals surface area contributed by atoms with Crippen molar-refractivity contribution >= 4 is 69.2 Å². The highest BCUT2D eigenvalue weighted by Crippen LogP contribution is 2.33. The van der Waals surface area contributed by atoms with Crippen LogP contribution in [0.4, 0.5) is 11.4 Å².